The molecule has 0 unspecified atom stereocenters. The first-order chi connectivity index (χ1) is 13.4. The zero-order chi connectivity index (χ0) is 20.1. The molecule has 0 atom stereocenters. The third-order valence-corrected chi connectivity index (χ3v) is 5.35. The van der Waals surface area contributed by atoms with Gasteiger partial charge in [0.15, 0.2) is 0 Å². The molecule has 0 spiro atoms. The van der Waals surface area contributed by atoms with Crippen LogP contribution in [0.4, 0.5) is 5.69 Å². The van der Waals surface area contributed by atoms with Crippen LogP contribution >= 0.6 is 11.6 Å². The van der Waals surface area contributed by atoms with Crippen molar-refractivity contribution in [1.29, 1.82) is 0 Å². The number of carbonyl (C=O) groups is 2. The highest BCUT2D eigenvalue weighted by Crippen LogP contribution is 2.16. The van der Waals surface area contributed by atoms with E-state index < -0.39 is 0 Å². The summed E-state index contributed by atoms with van der Waals surface area (Å²) in [5.74, 6) is 0.0580. The largest absolute Gasteiger partial charge is 0.378 e. The smallest absolute Gasteiger partial charge is 0.251 e. The van der Waals surface area contributed by atoms with Crippen LogP contribution in [0.2, 0.25) is 5.02 Å². The minimum Gasteiger partial charge on any atom is -0.378 e. The number of carbonyl (C=O) groups excluding carboxylic acids is 2. The summed E-state index contributed by atoms with van der Waals surface area (Å²) in [6.07, 6.45) is 1.92. The second-order valence-corrected chi connectivity index (χ2v) is 7.81. The van der Waals surface area contributed by atoms with Crippen molar-refractivity contribution in [3.05, 3.63) is 64.7 Å². The Bertz CT molecular complexity index is 811. The predicted octanol–water partition coefficient (Wildman–Crippen LogP) is 3.37. The van der Waals surface area contributed by atoms with Gasteiger partial charge in [0.05, 0.1) is 6.42 Å². The van der Waals surface area contributed by atoms with Crippen LogP contribution in [0.1, 0.15) is 28.8 Å². The summed E-state index contributed by atoms with van der Waals surface area (Å²) in [6.45, 7) is 1.33. The van der Waals surface area contributed by atoms with E-state index in [1.54, 1.807) is 12.1 Å². The van der Waals surface area contributed by atoms with E-state index >= 15 is 0 Å². The van der Waals surface area contributed by atoms with Crippen LogP contribution in [0.5, 0.6) is 0 Å². The average molecular weight is 400 g/mol. The molecular formula is C22H26ClN3O2. The van der Waals surface area contributed by atoms with Gasteiger partial charge in [-0.05, 0) is 54.8 Å². The minimum absolute atomic E-state index is 0.0590. The number of nitrogens with zero attached hydrogens (tertiary/aromatic N) is 2. The summed E-state index contributed by atoms with van der Waals surface area (Å²) in [6, 6.07) is 15.0. The highest BCUT2D eigenvalue weighted by molar-refractivity contribution is 6.30. The fourth-order valence-corrected chi connectivity index (χ4v) is 3.47. The van der Waals surface area contributed by atoms with E-state index in [1.807, 2.05) is 60.3 Å². The average Bonchev–Trinajstić information content (AvgIpc) is 2.70. The monoisotopic (exact) mass is 399 g/mol. The van der Waals surface area contributed by atoms with E-state index in [0.29, 0.717) is 30.1 Å². The number of amides is 2. The SMILES string of the molecule is CN(C)c1ccc(C(=O)NC2CCN(C(=O)Cc3ccc(Cl)cc3)CC2)cc1. The van der Waals surface area contributed by atoms with Gasteiger partial charge in [0.25, 0.3) is 5.91 Å². The highest BCUT2D eigenvalue weighted by Gasteiger charge is 2.24. The van der Waals surface area contributed by atoms with Gasteiger partial charge in [0.1, 0.15) is 0 Å². The van der Waals surface area contributed by atoms with Crippen molar-refractivity contribution >= 4 is 29.1 Å². The van der Waals surface area contributed by atoms with Crippen LogP contribution in [-0.4, -0.2) is 49.9 Å². The number of anilines is 1. The zero-order valence-corrected chi connectivity index (χ0v) is 17.1. The minimum atomic E-state index is -0.0590. The van der Waals surface area contributed by atoms with Crippen molar-refractivity contribution in [2.45, 2.75) is 25.3 Å². The Morgan fingerprint density at radius 1 is 1.04 bits per heavy atom. The maximum atomic E-state index is 12.5. The molecule has 3 rings (SSSR count). The van der Waals surface area contributed by atoms with E-state index in [9.17, 15) is 9.59 Å². The van der Waals surface area contributed by atoms with Crippen molar-refractivity contribution in [3.63, 3.8) is 0 Å². The van der Waals surface area contributed by atoms with Crippen LogP contribution in [0.3, 0.4) is 0 Å². The lowest BCUT2D eigenvalue weighted by Crippen LogP contribution is -2.47. The lowest BCUT2D eigenvalue weighted by molar-refractivity contribution is -0.131. The van der Waals surface area contributed by atoms with Crippen LogP contribution < -0.4 is 10.2 Å². The predicted molar refractivity (Wildman–Crippen MR) is 113 cm³/mol. The Labute approximate surface area is 171 Å². The molecular weight excluding hydrogens is 374 g/mol. The molecule has 0 bridgehead atoms. The zero-order valence-electron chi connectivity index (χ0n) is 16.3. The van der Waals surface area contributed by atoms with E-state index in [1.165, 1.54) is 0 Å². The standard InChI is InChI=1S/C22H26ClN3O2/c1-25(2)20-9-5-17(6-10-20)22(28)24-19-11-13-26(14-12-19)21(27)15-16-3-7-18(23)8-4-16/h3-10,19H,11-15H2,1-2H3,(H,24,28). The van der Waals surface area contributed by atoms with Gasteiger partial charge in [-0.15, -0.1) is 0 Å². The molecule has 148 valence electrons. The first-order valence-electron chi connectivity index (χ1n) is 9.53. The molecule has 1 saturated heterocycles. The highest BCUT2D eigenvalue weighted by atomic mass is 35.5. The quantitative estimate of drug-likeness (QED) is 0.838. The second-order valence-electron chi connectivity index (χ2n) is 7.37. The topological polar surface area (TPSA) is 52.7 Å². The molecule has 1 aliphatic heterocycles. The molecule has 1 N–H and O–H groups in total. The molecule has 0 aromatic heterocycles. The number of nitrogens with one attached hydrogen (secondary N) is 1. The Balaban J connectivity index is 1.47. The molecule has 1 aliphatic rings. The van der Waals surface area contributed by atoms with Gasteiger partial charge in [-0.25, -0.2) is 0 Å². The van der Waals surface area contributed by atoms with Gasteiger partial charge in [-0.1, -0.05) is 23.7 Å². The van der Waals surface area contributed by atoms with Crippen LogP contribution in [0.15, 0.2) is 48.5 Å². The Morgan fingerprint density at radius 3 is 2.21 bits per heavy atom. The van der Waals surface area contributed by atoms with E-state index in [-0.39, 0.29) is 17.9 Å². The fourth-order valence-electron chi connectivity index (χ4n) is 3.34. The van der Waals surface area contributed by atoms with Gasteiger partial charge in [0.2, 0.25) is 5.91 Å². The number of hydrogen-bond acceptors (Lipinski definition) is 3. The Kier molecular flexibility index (Phi) is 6.57. The normalized spacial score (nSPS) is 14.6. The summed E-state index contributed by atoms with van der Waals surface area (Å²) in [5, 5.41) is 3.76. The van der Waals surface area contributed by atoms with Gasteiger partial charge >= 0.3 is 0 Å². The lowest BCUT2D eigenvalue weighted by atomic mass is 10.0. The third kappa shape index (κ3) is 5.26. The van der Waals surface area contributed by atoms with Crippen LogP contribution in [-0.2, 0) is 11.2 Å². The fraction of sp³-hybridized carbons (Fsp3) is 0.364. The molecule has 1 heterocycles. The van der Waals surface area contributed by atoms with Crippen LogP contribution in [0, 0.1) is 0 Å². The summed E-state index contributed by atoms with van der Waals surface area (Å²) in [4.78, 5) is 28.8. The number of piperidine rings is 1. The molecule has 0 saturated carbocycles. The molecule has 2 amide bonds. The molecule has 1 fully saturated rings. The Morgan fingerprint density at radius 2 is 1.64 bits per heavy atom. The maximum absolute atomic E-state index is 12.5. The van der Waals surface area contributed by atoms with Crippen LogP contribution in [0.25, 0.3) is 0 Å². The summed E-state index contributed by atoms with van der Waals surface area (Å²) < 4.78 is 0. The van der Waals surface area contributed by atoms with Crippen molar-refractivity contribution < 1.29 is 9.59 Å². The first kappa shape index (κ1) is 20.2. The molecule has 2 aromatic rings. The number of rotatable bonds is 5. The molecule has 28 heavy (non-hydrogen) atoms. The molecule has 0 aliphatic carbocycles. The first-order valence-corrected chi connectivity index (χ1v) is 9.90. The van der Waals surface area contributed by atoms with Crippen molar-refractivity contribution in [2.24, 2.45) is 0 Å². The number of halogens is 1. The lowest BCUT2D eigenvalue weighted by Gasteiger charge is -2.32. The van der Waals surface area contributed by atoms with Gasteiger partial charge in [0, 0.05) is 49.5 Å². The van der Waals surface area contributed by atoms with E-state index in [2.05, 4.69) is 5.32 Å². The summed E-state index contributed by atoms with van der Waals surface area (Å²) in [5.41, 5.74) is 2.68. The van der Waals surface area contributed by atoms with Crippen molar-refractivity contribution in [1.82, 2.24) is 10.2 Å². The number of hydrogen-bond donors (Lipinski definition) is 1. The van der Waals surface area contributed by atoms with Crippen molar-refractivity contribution in [3.8, 4) is 0 Å². The van der Waals surface area contributed by atoms with Crippen molar-refractivity contribution in [2.75, 3.05) is 32.1 Å². The number of likely N-dealkylation sites (tertiary alicyclic amines) is 1. The van der Waals surface area contributed by atoms with Gasteiger partial charge < -0.3 is 15.1 Å². The third-order valence-electron chi connectivity index (χ3n) is 5.10. The van der Waals surface area contributed by atoms with Gasteiger partial charge in [-0.3, -0.25) is 9.59 Å². The molecule has 2 aromatic carbocycles. The maximum Gasteiger partial charge on any atom is 0.251 e. The number of benzene rings is 2. The second kappa shape index (κ2) is 9.11. The molecule has 0 radical (unpaired) electrons. The van der Waals surface area contributed by atoms with Gasteiger partial charge in [-0.2, -0.15) is 0 Å². The summed E-state index contributed by atoms with van der Waals surface area (Å²) >= 11 is 5.89. The van der Waals surface area contributed by atoms with E-state index in [0.717, 1.165) is 24.1 Å². The molecule has 6 heteroatoms. The van der Waals surface area contributed by atoms with E-state index in [4.69, 9.17) is 11.6 Å². The summed E-state index contributed by atoms with van der Waals surface area (Å²) in [7, 11) is 3.94. The Hall–Kier alpha value is -2.53. The molecule has 5 nitrogen and oxygen atoms in total.